The van der Waals surface area contributed by atoms with Gasteiger partial charge in [-0.25, -0.2) is 8.78 Å². The zero-order valence-electron chi connectivity index (χ0n) is 9.51. The number of hydrogen-bond donors (Lipinski definition) is 2. The van der Waals surface area contributed by atoms with Crippen LogP contribution in [0.2, 0.25) is 0 Å². The van der Waals surface area contributed by atoms with Crippen LogP contribution in [-0.2, 0) is 0 Å². The summed E-state index contributed by atoms with van der Waals surface area (Å²) in [5, 5.41) is 1.76. The highest BCUT2D eigenvalue weighted by atomic mass is 19.3. The highest BCUT2D eigenvalue weighted by Gasteiger charge is 2.40. The van der Waals surface area contributed by atoms with Gasteiger partial charge in [-0.15, -0.1) is 0 Å². The zero-order chi connectivity index (χ0) is 13.9. The van der Waals surface area contributed by atoms with E-state index < -0.39 is 24.8 Å². The third-order valence-electron chi connectivity index (χ3n) is 2.34. The van der Waals surface area contributed by atoms with Crippen LogP contribution in [0.15, 0.2) is 18.2 Å². The first kappa shape index (κ1) is 14.3. The van der Waals surface area contributed by atoms with Crippen LogP contribution in [0.4, 0.5) is 23.2 Å². The Kier molecular flexibility index (Phi) is 4.15. The lowest BCUT2D eigenvalue weighted by Crippen LogP contribution is -2.41. The molecule has 0 heterocycles. The first-order chi connectivity index (χ1) is 8.24. The molecule has 0 unspecified atom stereocenters. The highest BCUT2D eigenvalue weighted by Crippen LogP contribution is 2.21. The summed E-state index contributed by atoms with van der Waals surface area (Å²) in [4.78, 5) is 11.4. The fourth-order valence-corrected chi connectivity index (χ4v) is 1.19. The number of carbonyl (C=O) groups excluding carboxylic acids is 1. The molecule has 1 rings (SSSR count). The van der Waals surface area contributed by atoms with E-state index in [0.717, 1.165) is 0 Å². The molecular weight excluding hydrogens is 252 g/mol. The smallest absolute Gasteiger partial charge is 0.324 e. The minimum Gasteiger partial charge on any atom is -0.399 e. The lowest BCUT2D eigenvalue weighted by molar-refractivity contribution is -0.123. The predicted octanol–water partition coefficient (Wildman–Crippen LogP) is 2.21. The Hall–Kier alpha value is -1.79. The van der Waals surface area contributed by atoms with Crippen molar-refractivity contribution in [3.63, 3.8) is 0 Å². The molecule has 0 bridgehead atoms. The standard InChI is InChI=1S/C11H12F4N2O/c1-6-4-7(2-3-8(6)16)9(18)17-5-11(14,15)10(12)13/h2-4,10H,5,16H2,1H3,(H,17,18). The van der Waals surface area contributed by atoms with E-state index in [1.54, 1.807) is 12.2 Å². The maximum Gasteiger partial charge on any atom is 0.324 e. The average molecular weight is 264 g/mol. The topological polar surface area (TPSA) is 55.1 Å². The van der Waals surface area contributed by atoms with E-state index in [1.807, 2.05) is 0 Å². The van der Waals surface area contributed by atoms with E-state index in [4.69, 9.17) is 5.73 Å². The highest BCUT2D eigenvalue weighted by molar-refractivity contribution is 5.94. The number of anilines is 1. The molecule has 1 aromatic carbocycles. The fraction of sp³-hybridized carbons (Fsp3) is 0.364. The lowest BCUT2D eigenvalue weighted by Gasteiger charge is -2.15. The van der Waals surface area contributed by atoms with Gasteiger partial charge in [-0.1, -0.05) is 0 Å². The first-order valence-corrected chi connectivity index (χ1v) is 5.04. The summed E-state index contributed by atoms with van der Waals surface area (Å²) >= 11 is 0. The summed E-state index contributed by atoms with van der Waals surface area (Å²) in [6.07, 6.45) is -3.81. The quantitative estimate of drug-likeness (QED) is 0.647. The summed E-state index contributed by atoms with van der Waals surface area (Å²) in [6.45, 7) is 0.229. The van der Waals surface area contributed by atoms with E-state index in [-0.39, 0.29) is 5.56 Å². The number of benzene rings is 1. The molecular formula is C11H12F4N2O. The molecule has 18 heavy (non-hydrogen) atoms. The maximum absolute atomic E-state index is 12.6. The number of hydrogen-bond acceptors (Lipinski definition) is 2. The molecule has 100 valence electrons. The molecule has 0 fully saturated rings. The predicted molar refractivity (Wildman–Crippen MR) is 58.9 cm³/mol. The van der Waals surface area contributed by atoms with E-state index >= 15 is 0 Å². The Morgan fingerprint density at radius 3 is 2.56 bits per heavy atom. The van der Waals surface area contributed by atoms with Crippen LogP contribution in [0.25, 0.3) is 0 Å². The average Bonchev–Trinajstić information content (AvgIpc) is 2.29. The van der Waals surface area contributed by atoms with Gasteiger partial charge in [0.15, 0.2) is 0 Å². The van der Waals surface area contributed by atoms with Crippen LogP contribution in [-0.4, -0.2) is 24.8 Å². The summed E-state index contributed by atoms with van der Waals surface area (Å²) in [7, 11) is 0. The molecule has 0 aliphatic carbocycles. The maximum atomic E-state index is 12.6. The van der Waals surface area contributed by atoms with Crippen LogP contribution < -0.4 is 11.1 Å². The van der Waals surface area contributed by atoms with Crippen molar-refractivity contribution in [3.8, 4) is 0 Å². The number of carbonyl (C=O) groups is 1. The van der Waals surface area contributed by atoms with Gasteiger partial charge in [0, 0.05) is 11.3 Å². The number of nitrogens with one attached hydrogen (secondary N) is 1. The largest absolute Gasteiger partial charge is 0.399 e. The second-order valence-electron chi connectivity index (χ2n) is 3.82. The monoisotopic (exact) mass is 264 g/mol. The van der Waals surface area contributed by atoms with Crippen molar-refractivity contribution in [1.82, 2.24) is 5.32 Å². The van der Waals surface area contributed by atoms with E-state index in [1.165, 1.54) is 18.2 Å². The van der Waals surface area contributed by atoms with Crippen molar-refractivity contribution in [2.75, 3.05) is 12.3 Å². The zero-order valence-corrected chi connectivity index (χ0v) is 9.51. The molecule has 3 N–H and O–H groups in total. The van der Waals surface area contributed by atoms with Crippen LogP contribution in [0.3, 0.4) is 0 Å². The normalized spacial score (nSPS) is 11.7. The van der Waals surface area contributed by atoms with Crippen molar-refractivity contribution in [1.29, 1.82) is 0 Å². The Morgan fingerprint density at radius 1 is 1.44 bits per heavy atom. The van der Waals surface area contributed by atoms with E-state index in [0.29, 0.717) is 11.3 Å². The molecule has 0 saturated heterocycles. The van der Waals surface area contributed by atoms with Crippen LogP contribution in [0, 0.1) is 6.92 Å². The third kappa shape index (κ3) is 3.35. The van der Waals surface area contributed by atoms with Gasteiger partial charge in [0.2, 0.25) is 0 Å². The summed E-state index contributed by atoms with van der Waals surface area (Å²) in [5.74, 6) is -5.09. The molecule has 0 radical (unpaired) electrons. The number of nitrogens with two attached hydrogens (primary N) is 1. The summed E-state index contributed by atoms with van der Waals surface area (Å²) < 4.78 is 48.9. The molecule has 0 spiro atoms. The molecule has 0 aromatic heterocycles. The second kappa shape index (κ2) is 5.24. The van der Waals surface area contributed by atoms with E-state index in [2.05, 4.69) is 0 Å². The van der Waals surface area contributed by atoms with Gasteiger partial charge < -0.3 is 11.1 Å². The van der Waals surface area contributed by atoms with Crippen LogP contribution >= 0.6 is 0 Å². The SMILES string of the molecule is Cc1cc(C(=O)NCC(F)(F)C(F)F)ccc1N. The minimum absolute atomic E-state index is 0.0896. The van der Waals surface area contributed by atoms with Gasteiger partial charge in [0.05, 0.1) is 6.54 Å². The van der Waals surface area contributed by atoms with Gasteiger partial charge >= 0.3 is 12.3 Å². The van der Waals surface area contributed by atoms with Gasteiger partial charge in [-0.3, -0.25) is 4.79 Å². The number of rotatable bonds is 4. The van der Waals surface area contributed by atoms with E-state index in [9.17, 15) is 22.4 Å². The van der Waals surface area contributed by atoms with Crippen LogP contribution in [0.1, 0.15) is 15.9 Å². The Bertz CT molecular complexity index is 449. The number of halogens is 4. The molecule has 0 aliphatic heterocycles. The summed E-state index contributed by atoms with van der Waals surface area (Å²) in [5.41, 5.74) is 6.66. The number of aryl methyl sites for hydroxylation is 1. The first-order valence-electron chi connectivity index (χ1n) is 5.04. The molecule has 1 amide bonds. The van der Waals surface area contributed by atoms with Crippen molar-refractivity contribution in [2.45, 2.75) is 19.3 Å². The van der Waals surface area contributed by atoms with Crippen molar-refractivity contribution in [3.05, 3.63) is 29.3 Å². The molecule has 1 aromatic rings. The van der Waals surface area contributed by atoms with Crippen molar-refractivity contribution in [2.24, 2.45) is 0 Å². The Balaban J connectivity index is 2.69. The van der Waals surface area contributed by atoms with Crippen LogP contribution in [0.5, 0.6) is 0 Å². The Morgan fingerprint density at radius 2 is 2.06 bits per heavy atom. The van der Waals surface area contributed by atoms with Gasteiger partial charge in [0.25, 0.3) is 5.91 Å². The number of amides is 1. The second-order valence-corrected chi connectivity index (χ2v) is 3.82. The fourth-order valence-electron chi connectivity index (χ4n) is 1.19. The molecule has 3 nitrogen and oxygen atoms in total. The number of alkyl halides is 4. The molecule has 7 heteroatoms. The minimum atomic E-state index is -4.24. The van der Waals surface area contributed by atoms with Gasteiger partial charge in [-0.05, 0) is 30.7 Å². The Labute approximate surface area is 101 Å². The lowest BCUT2D eigenvalue weighted by atomic mass is 10.1. The summed E-state index contributed by atoms with van der Waals surface area (Å²) in [6, 6.07) is 4.17. The van der Waals surface area contributed by atoms with Gasteiger partial charge in [0.1, 0.15) is 0 Å². The van der Waals surface area contributed by atoms with Crippen molar-refractivity contribution >= 4 is 11.6 Å². The molecule has 0 aliphatic rings. The molecule has 0 saturated carbocycles. The third-order valence-corrected chi connectivity index (χ3v) is 2.34. The van der Waals surface area contributed by atoms with Gasteiger partial charge in [-0.2, -0.15) is 8.78 Å². The number of nitrogen functional groups attached to an aromatic ring is 1. The molecule has 0 atom stereocenters. The van der Waals surface area contributed by atoms with Crippen molar-refractivity contribution < 1.29 is 22.4 Å².